The number of anilines is 1. The summed E-state index contributed by atoms with van der Waals surface area (Å²) in [5.41, 5.74) is 6.55. The van der Waals surface area contributed by atoms with Gasteiger partial charge in [-0.1, -0.05) is 18.2 Å². The molecule has 0 atom stereocenters. The molecule has 4 rings (SSSR count). The molecule has 0 aliphatic heterocycles. The molecule has 31 heavy (non-hydrogen) atoms. The van der Waals surface area contributed by atoms with Crippen LogP contribution in [0.3, 0.4) is 0 Å². The van der Waals surface area contributed by atoms with Gasteiger partial charge in [-0.3, -0.25) is 4.79 Å². The summed E-state index contributed by atoms with van der Waals surface area (Å²) < 4.78 is 27.5. The summed E-state index contributed by atoms with van der Waals surface area (Å²) in [5.74, 6) is -0.107. The van der Waals surface area contributed by atoms with Gasteiger partial charge >= 0.3 is 6.03 Å². The van der Waals surface area contributed by atoms with Gasteiger partial charge in [-0.25, -0.2) is 17.9 Å². The lowest BCUT2D eigenvalue weighted by Crippen LogP contribution is -2.35. The predicted molar refractivity (Wildman–Crippen MR) is 119 cm³/mol. The average molecular weight is 442 g/mol. The molecule has 0 heterocycles. The number of hydrogen-bond acceptors (Lipinski definition) is 4. The smallest absolute Gasteiger partial charge is 0.333 e. The highest BCUT2D eigenvalue weighted by Gasteiger charge is 2.26. The third-order valence-electron chi connectivity index (χ3n) is 5.96. The maximum atomic E-state index is 12.7. The van der Waals surface area contributed by atoms with Crippen molar-refractivity contribution in [2.45, 2.75) is 56.8 Å². The normalized spacial score (nSPS) is 14.6. The van der Waals surface area contributed by atoms with E-state index in [1.807, 2.05) is 0 Å². The van der Waals surface area contributed by atoms with Crippen molar-refractivity contribution in [1.29, 1.82) is 0 Å². The third-order valence-corrected chi connectivity index (χ3v) is 7.31. The van der Waals surface area contributed by atoms with Crippen molar-refractivity contribution in [3.05, 3.63) is 58.1 Å². The van der Waals surface area contributed by atoms with Gasteiger partial charge in [0.05, 0.1) is 4.90 Å². The molecule has 2 aliphatic carbocycles. The number of benzene rings is 2. The van der Waals surface area contributed by atoms with Gasteiger partial charge in [0.25, 0.3) is 10.0 Å². The average Bonchev–Trinajstić information content (AvgIpc) is 3.37. The summed E-state index contributed by atoms with van der Waals surface area (Å²) in [5, 5.41) is 5.55. The first-order chi connectivity index (χ1) is 14.8. The highest BCUT2D eigenvalue weighted by atomic mass is 32.2. The van der Waals surface area contributed by atoms with Crippen molar-refractivity contribution in [3.63, 3.8) is 0 Å². The fraction of sp³-hybridized carbons (Fsp3) is 0.391. The molecule has 2 aromatic rings. The Morgan fingerprint density at radius 1 is 0.935 bits per heavy atom. The lowest BCUT2D eigenvalue weighted by atomic mass is 9.99. The van der Waals surface area contributed by atoms with Crippen LogP contribution in [0.5, 0.6) is 0 Å². The summed E-state index contributed by atoms with van der Waals surface area (Å²) in [6, 6.07) is 7.84. The maximum absolute atomic E-state index is 12.7. The Labute approximate surface area is 182 Å². The molecule has 0 aromatic heterocycles. The minimum Gasteiger partial charge on any atom is -0.356 e. The van der Waals surface area contributed by atoms with Gasteiger partial charge in [-0.15, -0.1) is 0 Å². The Balaban J connectivity index is 1.45. The molecule has 3 N–H and O–H groups in total. The van der Waals surface area contributed by atoms with Crippen LogP contribution >= 0.6 is 0 Å². The molecule has 0 bridgehead atoms. The largest absolute Gasteiger partial charge is 0.356 e. The summed E-state index contributed by atoms with van der Waals surface area (Å²) in [7, 11) is -3.99. The first-order valence-electron chi connectivity index (χ1n) is 10.7. The lowest BCUT2D eigenvalue weighted by molar-refractivity contribution is -0.118. The molecular formula is C23H27N3O4S. The number of urea groups is 1. The summed E-state index contributed by atoms with van der Waals surface area (Å²) in [6.45, 7) is 1.93. The van der Waals surface area contributed by atoms with Crippen LogP contribution in [0.4, 0.5) is 10.5 Å². The monoisotopic (exact) mass is 441 g/mol. The molecule has 0 fully saturated rings. The number of amides is 3. The molecule has 0 spiro atoms. The number of hydrogen-bond donors (Lipinski definition) is 3. The number of nitrogens with one attached hydrogen (secondary N) is 3. The van der Waals surface area contributed by atoms with Crippen molar-refractivity contribution in [3.8, 4) is 0 Å². The van der Waals surface area contributed by atoms with Crippen molar-refractivity contribution >= 4 is 27.6 Å². The van der Waals surface area contributed by atoms with Gasteiger partial charge in [0.1, 0.15) is 0 Å². The van der Waals surface area contributed by atoms with E-state index in [-0.39, 0.29) is 10.8 Å². The van der Waals surface area contributed by atoms with Crippen LogP contribution < -0.4 is 15.4 Å². The first-order valence-corrected chi connectivity index (χ1v) is 12.2. The molecule has 0 unspecified atom stereocenters. The highest BCUT2D eigenvalue weighted by molar-refractivity contribution is 7.90. The van der Waals surface area contributed by atoms with Gasteiger partial charge < -0.3 is 10.6 Å². The topological polar surface area (TPSA) is 104 Å². The van der Waals surface area contributed by atoms with E-state index in [4.69, 9.17) is 0 Å². The molecule has 0 saturated heterocycles. The molecule has 8 heteroatoms. The second-order valence-electron chi connectivity index (χ2n) is 8.17. The molecule has 7 nitrogen and oxygen atoms in total. The van der Waals surface area contributed by atoms with Crippen LogP contribution in [-0.2, 0) is 46.9 Å². The van der Waals surface area contributed by atoms with Gasteiger partial charge in [0.15, 0.2) is 0 Å². The number of aryl methyl sites for hydroxylation is 2. The molecule has 164 valence electrons. The standard InChI is InChI=1S/C23H27N3O4S/c1-15(27)24-13-12-16-8-10-19(11-9-16)31(29,30)26-23(28)25-22-20-6-2-4-17(20)14-18-5-3-7-21(18)22/h8-11,14H,2-7,12-13H2,1H3,(H,24,27)(H2,25,26,28). The Kier molecular flexibility index (Phi) is 6.00. The minimum absolute atomic E-state index is 0.0226. The predicted octanol–water partition coefficient (Wildman–Crippen LogP) is 2.85. The lowest BCUT2D eigenvalue weighted by Gasteiger charge is -2.16. The van der Waals surface area contributed by atoms with Gasteiger partial charge in [-0.05, 0) is 84.9 Å². The van der Waals surface area contributed by atoms with E-state index in [1.165, 1.54) is 30.2 Å². The van der Waals surface area contributed by atoms with Crippen molar-refractivity contribution in [2.75, 3.05) is 11.9 Å². The summed E-state index contributed by atoms with van der Waals surface area (Å²) in [4.78, 5) is 23.6. The Bertz CT molecular complexity index is 1090. The Morgan fingerprint density at radius 2 is 1.55 bits per heavy atom. The molecule has 0 saturated carbocycles. The number of fused-ring (bicyclic) bond motifs is 2. The van der Waals surface area contributed by atoms with Crippen LogP contribution in [0.15, 0.2) is 35.2 Å². The van der Waals surface area contributed by atoms with Crippen LogP contribution in [0.1, 0.15) is 47.6 Å². The van der Waals surface area contributed by atoms with Crippen molar-refractivity contribution < 1.29 is 18.0 Å². The van der Waals surface area contributed by atoms with Crippen LogP contribution in [0.2, 0.25) is 0 Å². The van der Waals surface area contributed by atoms with E-state index in [2.05, 4.69) is 21.4 Å². The zero-order valence-electron chi connectivity index (χ0n) is 17.6. The molecule has 2 aliphatic rings. The molecular weight excluding hydrogens is 414 g/mol. The van der Waals surface area contributed by atoms with E-state index in [1.54, 1.807) is 12.1 Å². The van der Waals surface area contributed by atoms with Crippen LogP contribution in [-0.4, -0.2) is 26.9 Å². The van der Waals surface area contributed by atoms with E-state index in [0.717, 1.165) is 60.9 Å². The third kappa shape index (κ3) is 4.74. The first kappa shape index (κ1) is 21.4. The van der Waals surface area contributed by atoms with Crippen LogP contribution in [0, 0.1) is 0 Å². The number of rotatable bonds is 6. The zero-order chi connectivity index (χ0) is 22.0. The second-order valence-corrected chi connectivity index (χ2v) is 9.85. The van der Waals surface area contributed by atoms with E-state index >= 15 is 0 Å². The van der Waals surface area contributed by atoms with E-state index in [9.17, 15) is 18.0 Å². The van der Waals surface area contributed by atoms with Crippen LogP contribution in [0.25, 0.3) is 0 Å². The molecule has 2 aromatic carbocycles. The molecule has 0 radical (unpaired) electrons. The Hall–Kier alpha value is -2.87. The zero-order valence-corrected chi connectivity index (χ0v) is 18.4. The van der Waals surface area contributed by atoms with Gasteiger partial charge in [0, 0.05) is 19.2 Å². The van der Waals surface area contributed by atoms with E-state index in [0.29, 0.717) is 13.0 Å². The second kappa shape index (κ2) is 8.70. The maximum Gasteiger partial charge on any atom is 0.333 e. The SMILES string of the molecule is CC(=O)NCCc1ccc(S(=O)(=O)NC(=O)Nc2c3c(cc4c2CCC4)CCC3)cc1. The minimum atomic E-state index is -3.99. The fourth-order valence-electron chi connectivity index (χ4n) is 4.51. The highest BCUT2D eigenvalue weighted by Crippen LogP contribution is 2.38. The van der Waals surface area contributed by atoms with Crippen molar-refractivity contribution in [1.82, 2.24) is 10.0 Å². The van der Waals surface area contributed by atoms with Crippen molar-refractivity contribution in [2.24, 2.45) is 0 Å². The number of carbonyl (C=O) groups excluding carboxylic acids is 2. The quantitative estimate of drug-likeness (QED) is 0.641. The number of carbonyl (C=O) groups is 2. The number of sulfonamides is 1. The van der Waals surface area contributed by atoms with Gasteiger partial charge in [0.2, 0.25) is 5.91 Å². The fourth-order valence-corrected chi connectivity index (χ4v) is 5.41. The van der Waals surface area contributed by atoms with E-state index < -0.39 is 16.1 Å². The Morgan fingerprint density at radius 3 is 2.13 bits per heavy atom. The summed E-state index contributed by atoms with van der Waals surface area (Å²) >= 11 is 0. The molecule has 3 amide bonds. The van der Waals surface area contributed by atoms with Gasteiger partial charge in [-0.2, -0.15) is 0 Å². The summed E-state index contributed by atoms with van der Waals surface area (Å²) in [6.07, 6.45) is 6.53.